The number of hydrogen-bond acceptors (Lipinski definition) is 5. The average Bonchev–Trinajstić information content (AvgIpc) is 2.65. The maximum atomic E-state index is 11.9. The largest absolute Gasteiger partial charge is 0.334 e. The number of nitrogens with one attached hydrogen (secondary N) is 1. The van der Waals surface area contributed by atoms with Gasteiger partial charge in [0.15, 0.2) is 5.78 Å². The Hall–Kier alpha value is -3.03. The standard InChI is InChI=1S/C14H13N3O5/c1-8(18)9-4-3-5-10(6-9)15-11(19)7-17-13(21)12(20)16(2)14(17)22/h3-6H,7H2,1-2H3,(H,15,19). The summed E-state index contributed by atoms with van der Waals surface area (Å²) in [7, 11) is 1.16. The van der Waals surface area contributed by atoms with Gasteiger partial charge in [0.05, 0.1) is 0 Å². The van der Waals surface area contributed by atoms with Crippen LogP contribution in [-0.4, -0.2) is 52.9 Å². The maximum absolute atomic E-state index is 11.9. The highest BCUT2D eigenvalue weighted by atomic mass is 16.2. The lowest BCUT2D eigenvalue weighted by Gasteiger charge is -2.13. The molecule has 0 bridgehead atoms. The third-order valence-corrected chi connectivity index (χ3v) is 3.11. The number of Topliss-reactive ketones (excluding diaryl/α,β-unsaturated/α-hetero) is 1. The number of benzene rings is 1. The van der Waals surface area contributed by atoms with E-state index in [1.807, 2.05) is 0 Å². The number of nitrogens with zero attached hydrogens (tertiary/aromatic N) is 2. The number of anilines is 1. The van der Waals surface area contributed by atoms with Crippen LogP contribution in [-0.2, 0) is 14.4 Å². The summed E-state index contributed by atoms with van der Waals surface area (Å²) in [6.45, 7) is 0.821. The molecule has 0 atom stereocenters. The Morgan fingerprint density at radius 3 is 2.36 bits per heavy atom. The number of ketones is 1. The van der Waals surface area contributed by atoms with Gasteiger partial charge in [0.25, 0.3) is 0 Å². The van der Waals surface area contributed by atoms with Gasteiger partial charge in [-0.15, -0.1) is 0 Å². The first-order valence-electron chi connectivity index (χ1n) is 6.35. The van der Waals surface area contributed by atoms with E-state index < -0.39 is 30.3 Å². The third kappa shape index (κ3) is 2.85. The normalized spacial score (nSPS) is 14.5. The van der Waals surface area contributed by atoms with E-state index >= 15 is 0 Å². The van der Waals surface area contributed by atoms with Crippen molar-refractivity contribution in [3.63, 3.8) is 0 Å². The Kier molecular flexibility index (Phi) is 4.02. The lowest BCUT2D eigenvalue weighted by Crippen LogP contribution is -2.38. The van der Waals surface area contributed by atoms with Crippen LogP contribution < -0.4 is 5.32 Å². The molecule has 1 aromatic carbocycles. The van der Waals surface area contributed by atoms with E-state index in [2.05, 4.69) is 5.32 Å². The highest BCUT2D eigenvalue weighted by molar-refractivity contribution is 6.44. The second-order valence-electron chi connectivity index (χ2n) is 4.72. The fraction of sp³-hybridized carbons (Fsp3) is 0.214. The monoisotopic (exact) mass is 303 g/mol. The van der Waals surface area contributed by atoms with Gasteiger partial charge in [-0.25, -0.2) is 9.69 Å². The Labute approximate surface area is 125 Å². The average molecular weight is 303 g/mol. The van der Waals surface area contributed by atoms with Crippen molar-refractivity contribution in [2.75, 3.05) is 18.9 Å². The fourth-order valence-electron chi connectivity index (χ4n) is 1.91. The molecule has 1 aromatic rings. The van der Waals surface area contributed by atoms with Crippen molar-refractivity contribution in [3.8, 4) is 0 Å². The van der Waals surface area contributed by atoms with Gasteiger partial charge in [-0.2, -0.15) is 0 Å². The van der Waals surface area contributed by atoms with Gasteiger partial charge in [0, 0.05) is 18.3 Å². The lowest BCUT2D eigenvalue weighted by atomic mass is 10.1. The van der Waals surface area contributed by atoms with E-state index in [0.29, 0.717) is 21.1 Å². The van der Waals surface area contributed by atoms with Crippen molar-refractivity contribution in [1.29, 1.82) is 0 Å². The molecule has 2 rings (SSSR count). The number of imide groups is 2. The number of urea groups is 1. The molecule has 22 heavy (non-hydrogen) atoms. The van der Waals surface area contributed by atoms with Gasteiger partial charge in [-0.3, -0.25) is 24.1 Å². The number of carbonyl (C=O) groups is 5. The van der Waals surface area contributed by atoms with Gasteiger partial charge in [-0.1, -0.05) is 12.1 Å². The lowest BCUT2D eigenvalue weighted by molar-refractivity contribution is -0.143. The third-order valence-electron chi connectivity index (χ3n) is 3.11. The first kappa shape index (κ1) is 15.4. The van der Waals surface area contributed by atoms with Gasteiger partial charge >= 0.3 is 17.8 Å². The first-order valence-corrected chi connectivity index (χ1v) is 6.35. The van der Waals surface area contributed by atoms with Crippen LogP contribution in [0, 0.1) is 0 Å². The quantitative estimate of drug-likeness (QED) is 0.488. The highest BCUT2D eigenvalue weighted by Crippen LogP contribution is 2.13. The molecule has 1 saturated heterocycles. The van der Waals surface area contributed by atoms with Crippen molar-refractivity contribution >= 4 is 35.2 Å². The van der Waals surface area contributed by atoms with E-state index in [1.165, 1.54) is 13.0 Å². The summed E-state index contributed by atoms with van der Waals surface area (Å²) in [5, 5.41) is 2.47. The summed E-state index contributed by atoms with van der Waals surface area (Å²) in [5.74, 6) is -2.82. The molecular formula is C14H13N3O5. The molecule has 1 aliphatic rings. The zero-order valence-corrected chi connectivity index (χ0v) is 12.0. The molecule has 114 valence electrons. The molecule has 8 nitrogen and oxygen atoms in total. The minimum atomic E-state index is -1.04. The zero-order chi connectivity index (χ0) is 16.4. The second kappa shape index (κ2) is 5.76. The van der Waals surface area contributed by atoms with E-state index in [-0.39, 0.29) is 5.78 Å². The number of carbonyl (C=O) groups excluding carboxylic acids is 5. The van der Waals surface area contributed by atoms with E-state index in [1.54, 1.807) is 18.2 Å². The summed E-state index contributed by atoms with van der Waals surface area (Å²) in [4.78, 5) is 58.9. The zero-order valence-electron chi connectivity index (χ0n) is 12.0. The van der Waals surface area contributed by atoms with Crippen LogP contribution in [0.3, 0.4) is 0 Å². The smallest absolute Gasteiger partial charge is 0.325 e. The van der Waals surface area contributed by atoms with E-state index in [0.717, 1.165) is 7.05 Å². The Bertz CT molecular complexity index is 697. The van der Waals surface area contributed by atoms with Crippen molar-refractivity contribution in [2.45, 2.75) is 6.92 Å². The summed E-state index contributed by atoms with van der Waals surface area (Å²) in [6, 6.07) is 5.39. The number of likely N-dealkylation sites (N-methyl/N-ethyl adjacent to an activating group) is 1. The van der Waals surface area contributed by atoms with Crippen LogP contribution in [0.25, 0.3) is 0 Å². The fourth-order valence-corrected chi connectivity index (χ4v) is 1.91. The molecule has 1 N–H and O–H groups in total. The van der Waals surface area contributed by atoms with Crippen LogP contribution in [0.4, 0.5) is 10.5 Å². The van der Waals surface area contributed by atoms with Crippen molar-refractivity contribution in [1.82, 2.24) is 9.80 Å². The molecule has 0 unspecified atom stereocenters. The molecule has 1 fully saturated rings. The van der Waals surface area contributed by atoms with Crippen molar-refractivity contribution in [2.24, 2.45) is 0 Å². The van der Waals surface area contributed by atoms with Crippen LogP contribution in [0.1, 0.15) is 17.3 Å². The SMILES string of the molecule is CC(=O)c1cccc(NC(=O)CN2C(=O)C(=O)N(C)C2=O)c1. The van der Waals surface area contributed by atoms with Gasteiger partial charge in [-0.05, 0) is 19.1 Å². The first-order chi connectivity index (χ1) is 10.3. The Morgan fingerprint density at radius 1 is 1.14 bits per heavy atom. The molecule has 0 spiro atoms. The van der Waals surface area contributed by atoms with Gasteiger partial charge < -0.3 is 5.32 Å². The molecule has 0 aromatic heterocycles. The van der Waals surface area contributed by atoms with Crippen LogP contribution in [0.15, 0.2) is 24.3 Å². The molecule has 1 heterocycles. The van der Waals surface area contributed by atoms with Crippen molar-refractivity contribution < 1.29 is 24.0 Å². The summed E-state index contributed by atoms with van der Waals surface area (Å²) >= 11 is 0. The van der Waals surface area contributed by atoms with E-state index in [9.17, 15) is 24.0 Å². The van der Waals surface area contributed by atoms with Crippen LogP contribution >= 0.6 is 0 Å². The predicted octanol–water partition coefficient (Wildman–Crippen LogP) is 0.248. The summed E-state index contributed by atoms with van der Waals surface area (Å²) < 4.78 is 0. The number of rotatable bonds is 4. The Balaban J connectivity index is 2.06. The molecular weight excluding hydrogens is 290 g/mol. The van der Waals surface area contributed by atoms with Gasteiger partial charge in [0.1, 0.15) is 6.54 Å². The molecule has 5 amide bonds. The maximum Gasteiger partial charge on any atom is 0.334 e. The minimum Gasteiger partial charge on any atom is -0.325 e. The molecule has 0 aliphatic carbocycles. The highest BCUT2D eigenvalue weighted by Gasteiger charge is 2.42. The Morgan fingerprint density at radius 2 is 1.82 bits per heavy atom. The second-order valence-corrected chi connectivity index (χ2v) is 4.72. The molecule has 0 radical (unpaired) electrons. The van der Waals surface area contributed by atoms with Crippen molar-refractivity contribution in [3.05, 3.63) is 29.8 Å². The molecule has 0 saturated carbocycles. The minimum absolute atomic E-state index is 0.159. The summed E-state index contributed by atoms with van der Waals surface area (Å²) in [5.41, 5.74) is 0.775. The van der Waals surface area contributed by atoms with Crippen LogP contribution in [0.5, 0.6) is 0 Å². The molecule has 1 aliphatic heterocycles. The van der Waals surface area contributed by atoms with Crippen LogP contribution in [0.2, 0.25) is 0 Å². The number of hydrogen-bond donors (Lipinski definition) is 1. The summed E-state index contributed by atoms with van der Waals surface area (Å²) in [6.07, 6.45) is 0. The molecule has 8 heteroatoms. The predicted molar refractivity (Wildman–Crippen MR) is 75.0 cm³/mol. The topological polar surface area (TPSA) is 104 Å². The number of amides is 5. The van der Waals surface area contributed by atoms with Gasteiger partial charge in [0.2, 0.25) is 5.91 Å². The van der Waals surface area contributed by atoms with E-state index in [4.69, 9.17) is 0 Å².